The summed E-state index contributed by atoms with van der Waals surface area (Å²) in [6, 6.07) is 7.45. The van der Waals surface area contributed by atoms with Gasteiger partial charge in [-0.05, 0) is 26.0 Å². The van der Waals surface area contributed by atoms with Gasteiger partial charge in [-0.3, -0.25) is 0 Å². The van der Waals surface area contributed by atoms with E-state index in [1.54, 1.807) is 6.92 Å². The lowest BCUT2D eigenvalue weighted by Gasteiger charge is -2.10. The molecule has 0 fully saturated rings. The molecule has 0 aliphatic rings. The molecule has 0 amide bonds. The number of rotatable bonds is 6. The Bertz CT molecular complexity index is 350. The Morgan fingerprint density at radius 2 is 2.06 bits per heavy atom. The van der Waals surface area contributed by atoms with E-state index in [0.29, 0.717) is 31.3 Å². The minimum atomic E-state index is 0.490. The van der Waals surface area contributed by atoms with E-state index in [1.165, 1.54) is 0 Å². The molecule has 0 bridgehead atoms. The molecule has 0 spiro atoms. The lowest BCUT2D eigenvalue weighted by Crippen LogP contribution is -2.08. The van der Waals surface area contributed by atoms with Crippen LogP contribution < -0.4 is 4.74 Å². The lowest BCUT2D eigenvalue weighted by molar-refractivity contribution is 0.110. The van der Waals surface area contributed by atoms with Gasteiger partial charge in [-0.25, -0.2) is 0 Å². The van der Waals surface area contributed by atoms with Gasteiger partial charge in [0.05, 0.1) is 12.3 Å². The molecule has 0 aromatic heterocycles. The van der Waals surface area contributed by atoms with Crippen molar-refractivity contribution in [3.8, 4) is 5.75 Å². The van der Waals surface area contributed by atoms with Gasteiger partial charge >= 0.3 is 0 Å². The second kappa shape index (κ2) is 6.85. The van der Waals surface area contributed by atoms with Gasteiger partial charge in [0.1, 0.15) is 12.4 Å². The van der Waals surface area contributed by atoms with Crippen LogP contribution in [-0.2, 0) is 4.74 Å². The molecule has 4 nitrogen and oxygen atoms in total. The highest BCUT2D eigenvalue weighted by Gasteiger charge is 2.05. The third kappa shape index (κ3) is 3.55. The van der Waals surface area contributed by atoms with Crippen molar-refractivity contribution in [3.63, 3.8) is 0 Å². The molecular weight excluding hydrogens is 206 g/mol. The first-order chi connectivity index (χ1) is 7.79. The largest absolute Gasteiger partial charge is 0.490 e. The van der Waals surface area contributed by atoms with Crippen molar-refractivity contribution < 1.29 is 14.7 Å². The summed E-state index contributed by atoms with van der Waals surface area (Å²) in [5, 5.41) is 11.9. The standard InChI is InChI=1S/C12H17NO3/c1-3-15-8-9-16-12-7-5-4-6-11(12)10(2)13-14/h4-7,14H,3,8-9H2,1-2H3/b13-10+. The van der Waals surface area contributed by atoms with Gasteiger partial charge < -0.3 is 14.7 Å². The van der Waals surface area contributed by atoms with Crippen molar-refractivity contribution >= 4 is 5.71 Å². The van der Waals surface area contributed by atoms with Gasteiger partial charge in [0.2, 0.25) is 0 Å². The van der Waals surface area contributed by atoms with Crippen LogP contribution in [0, 0.1) is 0 Å². The Morgan fingerprint density at radius 1 is 1.31 bits per heavy atom. The quantitative estimate of drug-likeness (QED) is 0.348. The summed E-state index contributed by atoms with van der Waals surface area (Å²) in [5.41, 5.74) is 1.33. The fourth-order valence-electron chi connectivity index (χ4n) is 1.30. The predicted octanol–water partition coefficient (Wildman–Crippen LogP) is 2.30. The smallest absolute Gasteiger partial charge is 0.128 e. The summed E-state index contributed by atoms with van der Waals surface area (Å²) < 4.78 is 10.7. The first-order valence-electron chi connectivity index (χ1n) is 5.28. The number of nitrogens with zero attached hydrogens (tertiary/aromatic N) is 1. The van der Waals surface area contributed by atoms with E-state index in [0.717, 1.165) is 5.56 Å². The van der Waals surface area contributed by atoms with Crippen LogP contribution in [-0.4, -0.2) is 30.7 Å². The molecule has 4 heteroatoms. The number of benzene rings is 1. The molecule has 1 N–H and O–H groups in total. The molecule has 0 atom stereocenters. The average molecular weight is 223 g/mol. The molecule has 0 saturated carbocycles. The topological polar surface area (TPSA) is 51.0 Å². The first kappa shape index (κ1) is 12.5. The molecular formula is C12H17NO3. The van der Waals surface area contributed by atoms with Gasteiger partial charge in [0.25, 0.3) is 0 Å². The fraction of sp³-hybridized carbons (Fsp3) is 0.417. The molecule has 0 aliphatic heterocycles. The van der Waals surface area contributed by atoms with Crippen molar-refractivity contribution in [2.24, 2.45) is 5.16 Å². The highest BCUT2D eigenvalue weighted by atomic mass is 16.5. The van der Waals surface area contributed by atoms with E-state index in [1.807, 2.05) is 31.2 Å². The van der Waals surface area contributed by atoms with Gasteiger partial charge in [0.15, 0.2) is 0 Å². The summed E-state index contributed by atoms with van der Waals surface area (Å²) in [7, 11) is 0. The average Bonchev–Trinajstić information content (AvgIpc) is 2.34. The zero-order valence-electron chi connectivity index (χ0n) is 9.64. The van der Waals surface area contributed by atoms with Crippen LogP contribution in [0.1, 0.15) is 19.4 Å². The van der Waals surface area contributed by atoms with E-state index in [4.69, 9.17) is 14.7 Å². The van der Waals surface area contributed by atoms with Gasteiger partial charge in [-0.2, -0.15) is 0 Å². The minimum absolute atomic E-state index is 0.490. The Hall–Kier alpha value is -1.55. The summed E-state index contributed by atoms with van der Waals surface area (Å²) in [6.45, 7) is 5.40. The minimum Gasteiger partial charge on any atom is -0.490 e. The van der Waals surface area contributed by atoms with Crippen molar-refractivity contribution in [1.82, 2.24) is 0 Å². The molecule has 0 aliphatic carbocycles. The Kier molecular flexibility index (Phi) is 5.36. The van der Waals surface area contributed by atoms with Crippen LogP contribution in [0.4, 0.5) is 0 Å². The SMILES string of the molecule is CCOCCOc1ccccc1/C(C)=N/O. The number of oxime groups is 1. The fourth-order valence-corrected chi connectivity index (χ4v) is 1.30. The maximum atomic E-state index is 8.73. The van der Waals surface area contributed by atoms with E-state index >= 15 is 0 Å². The van der Waals surface area contributed by atoms with Crippen LogP contribution >= 0.6 is 0 Å². The predicted molar refractivity (Wildman–Crippen MR) is 62.4 cm³/mol. The Balaban J connectivity index is 2.64. The van der Waals surface area contributed by atoms with E-state index in [9.17, 15) is 0 Å². The van der Waals surface area contributed by atoms with Crippen LogP contribution in [0.3, 0.4) is 0 Å². The molecule has 0 unspecified atom stereocenters. The second-order valence-electron chi connectivity index (χ2n) is 3.23. The Labute approximate surface area is 95.5 Å². The van der Waals surface area contributed by atoms with Gasteiger partial charge in [0, 0.05) is 12.2 Å². The molecule has 0 heterocycles. The van der Waals surface area contributed by atoms with E-state index in [-0.39, 0.29) is 0 Å². The van der Waals surface area contributed by atoms with Crippen molar-refractivity contribution in [1.29, 1.82) is 0 Å². The zero-order chi connectivity index (χ0) is 11.8. The summed E-state index contributed by atoms with van der Waals surface area (Å²) in [6.07, 6.45) is 0. The second-order valence-corrected chi connectivity index (χ2v) is 3.23. The molecule has 1 aromatic carbocycles. The third-order valence-electron chi connectivity index (χ3n) is 2.12. The molecule has 0 saturated heterocycles. The zero-order valence-corrected chi connectivity index (χ0v) is 9.64. The molecule has 1 rings (SSSR count). The lowest BCUT2D eigenvalue weighted by atomic mass is 10.1. The summed E-state index contributed by atoms with van der Waals surface area (Å²) >= 11 is 0. The van der Waals surface area contributed by atoms with Crippen LogP contribution in [0.5, 0.6) is 5.75 Å². The van der Waals surface area contributed by atoms with Crippen molar-refractivity contribution in [3.05, 3.63) is 29.8 Å². The maximum absolute atomic E-state index is 8.73. The highest BCUT2D eigenvalue weighted by Crippen LogP contribution is 2.18. The van der Waals surface area contributed by atoms with Crippen molar-refractivity contribution in [2.75, 3.05) is 19.8 Å². The van der Waals surface area contributed by atoms with Crippen LogP contribution in [0.2, 0.25) is 0 Å². The van der Waals surface area contributed by atoms with Crippen LogP contribution in [0.25, 0.3) is 0 Å². The molecule has 88 valence electrons. The summed E-state index contributed by atoms with van der Waals surface area (Å²) in [5.74, 6) is 0.706. The van der Waals surface area contributed by atoms with Gasteiger partial charge in [-0.15, -0.1) is 0 Å². The van der Waals surface area contributed by atoms with Crippen LogP contribution in [0.15, 0.2) is 29.4 Å². The van der Waals surface area contributed by atoms with Gasteiger partial charge in [-0.1, -0.05) is 17.3 Å². The molecule has 16 heavy (non-hydrogen) atoms. The monoisotopic (exact) mass is 223 g/mol. The maximum Gasteiger partial charge on any atom is 0.128 e. The number of hydrogen-bond acceptors (Lipinski definition) is 4. The third-order valence-corrected chi connectivity index (χ3v) is 2.12. The number of para-hydroxylation sites is 1. The summed E-state index contributed by atoms with van der Waals surface area (Å²) in [4.78, 5) is 0. The van der Waals surface area contributed by atoms with Crippen molar-refractivity contribution in [2.45, 2.75) is 13.8 Å². The number of hydrogen-bond donors (Lipinski definition) is 1. The highest BCUT2D eigenvalue weighted by molar-refractivity contribution is 6.00. The first-order valence-corrected chi connectivity index (χ1v) is 5.28. The normalized spacial score (nSPS) is 11.5. The Morgan fingerprint density at radius 3 is 2.75 bits per heavy atom. The number of ether oxygens (including phenoxy) is 2. The van der Waals surface area contributed by atoms with E-state index < -0.39 is 0 Å². The molecule has 1 aromatic rings. The molecule has 0 radical (unpaired) electrons. The van der Waals surface area contributed by atoms with E-state index in [2.05, 4.69) is 5.16 Å².